The molecule has 0 bridgehead atoms. The van der Waals surface area contributed by atoms with Crippen LogP contribution in [0.1, 0.15) is 12.8 Å². The molecule has 1 fully saturated rings. The molecule has 0 radical (unpaired) electrons. The molecule has 0 spiro atoms. The summed E-state index contributed by atoms with van der Waals surface area (Å²) in [6.45, 7) is 3.48. The number of nitrogens with one attached hydrogen (secondary N) is 2. The van der Waals surface area contributed by atoms with Gasteiger partial charge in [-0.15, -0.1) is 12.4 Å². The second-order valence-corrected chi connectivity index (χ2v) is 3.61. The molecule has 1 rings (SSSR count). The predicted octanol–water partition coefficient (Wildman–Crippen LogP) is -0.0606. The van der Waals surface area contributed by atoms with Gasteiger partial charge in [0.05, 0.1) is 19.8 Å². The van der Waals surface area contributed by atoms with Gasteiger partial charge in [-0.25, -0.2) is 0 Å². The SMILES string of the molecule is COCCOCCC(=O)NC1CCNC1.Cl. The minimum absolute atomic E-state index is 0. The summed E-state index contributed by atoms with van der Waals surface area (Å²) in [4.78, 5) is 11.4. The van der Waals surface area contributed by atoms with E-state index in [0.29, 0.717) is 32.3 Å². The van der Waals surface area contributed by atoms with E-state index in [4.69, 9.17) is 9.47 Å². The first-order chi connectivity index (χ1) is 7.33. The van der Waals surface area contributed by atoms with Gasteiger partial charge in [0.2, 0.25) is 5.91 Å². The number of hydrogen-bond donors (Lipinski definition) is 2. The van der Waals surface area contributed by atoms with Gasteiger partial charge in [0, 0.05) is 26.1 Å². The Balaban J connectivity index is 0.00000225. The molecule has 1 amide bonds. The van der Waals surface area contributed by atoms with E-state index in [1.54, 1.807) is 7.11 Å². The minimum atomic E-state index is 0. The van der Waals surface area contributed by atoms with Crippen LogP contribution >= 0.6 is 12.4 Å². The Morgan fingerprint density at radius 3 is 2.88 bits per heavy atom. The van der Waals surface area contributed by atoms with Gasteiger partial charge in [-0.05, 0) is 13.0 Å². The standard InChI is InChI=1S/C10H20N2O3.ClH/c1-14-6-7-15-5-3-10(13)12-9-2-4-11-8-9;/h9,11H,2-8H2,1H3,(H,12,13);1H. The fourth-order valence-electron chi connectivity index (χ4n) is 1.49. The van der Waals surface area contributed by atoms with Gasteiger partial charge in [0.25, 0.3) is 0 Å². The van der Waals surface area contributed by atoms with Crippen LogP contribution in [0, 0.1) is 0 Å². The Kier molecular flexibility index (Phi) is 9.62. The summed E-state index contributed by atoms with van der Waals surface area (Å²) in [6, 6.07) is 0.302. The Morgan fingerprint density at radius 1 is 1.44 bits per heavy atom. The highest BCUT2D eigenvalue weighted by Crippen LogP contribution is 1.97. The summed E-state index contributed by atoms with van der Waals surface area (Å²) in [5, 5.41) is 6.16. The quantitative estimate of drug-likeness (QED) is 0.624. The first-order valence-corrected chi connectivity index (χ1v) is 5.39. The molecule has 5 nitrogen and oxygen atoms in total. The summed E-state index contributed by atoms with van der Waals surface area (Å²) < 4.78 is 10.0. The van der Waals surface area contributed by atoms with Crippen LogP contribution in [0.25, 0.3) is 0 Å². The number of methoxy groups -OCH3 is 1. The maximum absolute atomic E-state index is 11.4. The summed E-state index contributed by atoms with van der Waals surface area (Å²) >= 11 is 0. The molecule has 0 aromatic rings. The molecule has 1 heterocycles. The molecule has 1 atom stereocenters. The van der Waals surface area contributed by atoms with Crippen molar-refractivity contribution < 1.29 is 14.3 Å². The van der Waals surface area contributed by atoms with Crippen molar-refractivity contribution in [2.75, 3.05) is 40.0 Å². The second-order valence-electron chi connectivity index (χ2n) is 3.61. The molecule has 0 aromatic heterocycles. The van der Waals surface area contributed by atoms with Crippen molar-refractivity contribution in [1.29, 1.82) is 0 Å². The molecule has 1 aliphatic heterocycles. The van der Waals surface area contributed by atoms with E-state index in [1.807, 2.05) is 0 Å². The summed E-state index contributed by atoms with van der Waals surface area (Å²) in [7, 11) is 1.63. The van der Waals surface area contributed by atoms with Crippen molar-refractivity contribution in [2.45, 2.75) is 18.9 Å². The van der Waals surface area contributed by atoms with Gasteiger partial charge in [0.1, 0.15) is 0 Å². The van der Waals surface area contributed by atoms with Crippen LogP contribution in [0.2, 0.25) is 0 Å². The second kappa shape index (κ2) is 9.84. The predicted molar refractivity (Wildman–Crippen MR) is 64.0 cm³/mol. The topological polar surface area (TPSA) is 59.6 Å². The molecule has 0 saturated carbocycles. The lowest BCUT2D eigenvalue weighted by molar-refractivity contribution is -0.122. The first-order valence-electron chi connectivity index (χ1n) is 5.39. The molecule has 96 valence electrons. The molecule has 16 heavy (non-hydrogen) atoms. The maximum atomic E-state index is 11.4. The van der Waals surface area contributed by atoms with E-state index < -0.39 is 0 Å². The summed E-state index contributed by atoms with van der Waals surface area (Å²) in [6.07, 6.45) is 1.45. The van der Waals surface area contributed by atoms with Crippen LogP contribution in [0.3, 0.4) is 0 Å². The molecule has 1 saturated heterocycles. The average molecular weight is 253 g/mol. The van der Waals surface area contributed by atoms with Crippen molar-refractivity contribution >= 4 is 18.3 Å². The first kappa shape index (κ1) is 15.6. The van der Waals surface area contributed by atoms with E-state index in [0.717, 1.165) is 19.5 Å². The van der Waals surface area contributed by atoms with Gasteiger partial charge in [0.15, 0.2) is 0 Å². The monoisotopic (exact) mass is 252 g/mol. The van der Waals surface area contributed by atoms with Crippen molar-refractivity contribution in [3.63, 3.8) is 0 Å². The lowest BCUT2D eigenvalue weighted by atomic mass is 10.2. The van der Waals surface area contributed by atoms with Crippen molar-refractivity contribution in [2.24, 2.45) is 0 Å². The lowest BCUT2D eigenvalue weighted by Crippen LogP contribution is -2.36. The third-order valence-electron chi connectivity index (χ3n) is 2.33. The number of ether oxygens (including phenoxy) is 2. The van der Waals surface area contributed by atoms with E-state index in [2.05, 4.69) is 10.6 Å². The fraction of sp³-hybridized carbons (Fsp3) is 0.900. The van der Waals surface area contributed by atoms with Gasteiger partial charge in [-0.2, -0.15) is 0 Å². The Hall–Kier alpha value is -0.360. The molecular formula is C10H21ClN2O3. The van der Waals surface area contributed by atoms with Crippen LogP contribution in [0.4, 0.5) is 0 Å². The van der Waals surface area contributed by atoms with E-state index in [1.165, 1.54) is 0 Å². The highest BCUT2D eigenvalue weighted by Gasteiger charge is 2.15. The van der Waals surface area contributed by atoms with Crippen LogP contribution in [0.5, 0.6) is 0 Å². The highest BCUT2D eigenvalue weighted by atomic mass is 35.5. The van der Waals surface area contributed by atoms with Crippen molar-refractivity contribution in [1.82, 2.24) is 10.6 Å². The van der Waals surface area contributed by atoms with Gasteiger partial charge >= 0.3 is 0 Å². The Morgan fingerprint density at radius 2 is 2.25 bits per heavy atom. The number of rotatable bonds is 7. The zero-order valence-electron chi connectivity index (χ0n) is 9.66. The highest BCUT2D eigenvalue weighted by molar-refractivity contribution is 5.85. The third-order valence-corrected chi connectivity index (χ3v) is 2.33. The maximum Gasteiger partial charge on any atom is 0.222 e. The van der Waals surface area contributed by atoms with Crippen molar-refractivity contribution in [3.8, 4) is 0 Å². The molecule has 6 heteroatoms. The van der Waals surface area contributed by atoms with Gasteiger partial charge in [-0.3, -0.25) is 4.79 Å². The summed E-state index contributed by atoms with van der Waals surface area (Å²) in [5.74, 6) is 0.0705. The molecule has 1 unspecified atom stereocenters. The average Bonchev–Trinajstić information content (AvgIpc) is 2.70. The number of carbonyl (C=O) groups is 1. The van der Waals surface area contributed by atoms with E-state index in [9.17, 15) is 4.79 Å². The largest absolute Gasteiger partial charge is 0.382 e. The van der Waals surface area contributed by atoms with Crippen LogP contribution in [0.15, 0.2) is 0 Å². The molecule has 1 aliphatic rings. The van der Waals surface area contributed by atoms with Crippen LogP contribution in [-0.2, 0) is 14.3 Å². The molecule has 0 aromatic carbocycles. The number of amides is 1. The van der Waals surface area contributed by atoms with Crippen LogP contribution < -0.4 is 10.6 Å². The van der Waals surface area contributed by atoms with Gasteiger partial charge in [-0.1, -0.05) is 0 Å². The number of halogens is 1. The van der Waals surface area contributed by atoms with E-state index >= 15 is 0 Å². The minimum Gasteiger partial charge on any atom is -0.382 e. The Bertz CT molecular complexity index is 187. The van der Waals surface area contributed by atoms with Crippen molar-refractivity contribution in [3.05, 3.63) is 0 Å². The van der Waals surface area contributed by atoms with Gasteiger partial charge < -0.3 is 20.1 Å². The third kappa shape index (κ3) is 7.00. The molecule has 2 N–H and O–H groups in total. The number of carbonyl (C=O) groups excluding carboxylic acids is 1. The van der Waals surface area contributed by atoms with Crippen LogP contribution in [-0.4, -0.2) is 52.0 Å². The molecular weight excluding hydrogens is 232 g/mol. The summed E-state index contributed by atoms with van der Waals surface area (Å²) in [5.41, 5.74) is 0. The lowest BCUT2D eigenvalue weighted by Gasteiger charge is -2.11. The fourth-order valence-corrected chi connectivity index (χ4v) is 1.49. The zero-order chi connectivity index (χ0) is 10.9. The molecule has 0 aliphatic carbocycles. The Labute approximate surface area is 103 Å². The zero-order valence-corrected chi connectivity index (χ0v) is 10.5. The normalized spacial score (nSPS) is 19.2. The smallest absolute Gasteiger partial charge is 0.222 e. The number of hydrogen-bond acceptors (Lipinski definition) is 4. The van der Waals surface area contributed by atoms with E-state index in [-0.39, 0.29) is 18.3 Å².